The van der Waals surface area contributed by atoms with E-state index in [9.17, 15) is 0 Å². The molecule has 7 heteroatoms. The standard InChI is InChI=1S/C18H20ClN5O/c1-23-12-21-22-18(23)14-5-3-7-24(10-14)11-17-20-9-16(25-17)13-4-2-6-15(19)8-13/h2,4,6,8-9,12,14H,3,5,7,10-11H2,1H3/t14-/m0/s1. The Labute approximate surface area is 151 Å². The normalized spacial score (nSPS) is 18.6. The lowest BCUT2D eigenvalue weighted by Gasteiger charge is -2.31. The zero-order valence-electron chi connectivity index (χ0n) is 14.1. The molecule has 0 spiro atoms. The maximum atomic E-state index is 6.05. The van der Waals surface area contributed by atoms with Gasteiger partial charge in [-0.1, -0.05) is 23.7 Å². The number of benzene rings is 1. The first kappa shape index (κ1) is 16.3. The van der Waals surface area contributed by atoms with Crippen molar-refractivity contribution in [1.82, 2.24) is 24.6 Å². The summed E-state index contributed by atoms with van der Waals surface area (Å²) < 4.78 is 7.94. The van der Waals surface area contributed by atoms with E-state index >= 15 is 0 Å². The first-order valence-electron chi connectivity index (χ1n) is 8.46. The highest BCUT2D eigenvalue weighted by Crippen LogP contribution is 2.27. The summed E-state index contributed by atoms with van der Waals surface area (Å²) in [7, 11) is 2.00. The molecule has 1 aliphatic rings. The van der Waals surface area contributed by atoms with Crippen LogP contribution in [-0.4, -0.2) is 37.7 Å². The second-order valence-electron chi connectivity index (χ2n) is 6.50. The number of aromatic nitrogens is 4. The van der Waals surface area contributed by atoms with Crippen LogP contribution in [0.5, 0.6) is 0 Å². The molecule has 0 saturated carbocycles. The minimum Gasteiger partial charge on any atom is -0.439 e. The molecule has 0 unspecified atom stereocenters. The third-order valence-electron chi connectivity index (χ3n) is 4.64. The Morgan fingerprint density at radius 1 is 1.36 bits per heavy atom. The van der Waals surface area contributed by atoms with E-state index in [1.54, 1.807) is 12.5 Å². The predicted octanol–water partition coefficient (Wildman–Crippen LogP) is 3.50. The van der Waals surface area contributed by atoms with Crippen LogP contribution in [0.2, 0.25) is 5.02 Å². The molecule has 25 heavy (non-hydrogen) atoms. The van der Waals surface area contributed by atoms with Crippen molar-refractivity contribution in [2.24, 2.45) is 7.05 Å². The predicted molar refractivity (Wildman–Crippen MR) is 95.2 cm³/mol. The molecule has 1 atom stereocenters. The van der Waals surface area contributed by atoms with Crippen molar-refractivity contribution in [2.45, 2.75) is 25.3 Å². The van der Waals surface area contributed by atoms with Crippen LogP contribution in [-0.2, 0) is 13.6 Å². The van der Waals surface area contributed by atoms with Gasteiger partial charge in [-0.3, -0.25) is 4.90 Å². The van der Waals surface area contributed by atoms with Gasteiger partial charge in [-0.15, -0.1) is 10.2 Å². The van der Waals surface area contributed by atoms with Gasteiger partial charge in [-0.2, -0.15) is 0 Å². The van der Waals surface area contributed by atoms with E-state index in [-0.39, 0.29) is 0 Å². The van der Waals surface area contributed by atoms with Crippen LogP contribution >= 0.6 is 11.6 Å². The van der Waals surface area contributed by atoms with Gasteiger partial charge in [0.1, 0.15) is 12.2 Å². The van der Waals surface area contributed by atoms with Crippen LogP contribution in [0.1, 0.15) is 30.5 Å². The topological polar surface area (TPSA) is 60.0 Å². The number of halogens is 1. The third kappa shape index (κ3) is 3.60. The Morgan fingerprint density at radius 3 is 3.08 bits per heavy atom. The minimum absolute atomic E-state index is 0.406. The van der Waals surface area contributed by atoms with Crippen LogP contribution < -0.4 is 0 Å². The molecule has 0 bridgehead atoms. The number of nitrogens with zero attached hydrogens (tertiary/aromatic N) is 5. The highest BCUT2D eigenvalue weighted by atomic mass is 35.5. The van der Waals surface area contributed by atoms with Crippen molar-refractivity contribution in [2.75, 3.05) is 13.1 Å². The van der Waals surface area contributed by atoms with E-state index in [2.05, 4.69) is 20.1 Å². The number of likely N-dealkylation sites (tertiary alicyclic amines) is 1. The minimum atomic E-state index is 0.406. The molecule has 0 N–H and O–H groups in total. The van der Waals surface area contributed by atoms with Gasteiger partial charge in [0, 0.05) is 30.1 Å². The van der Waals surface area contributed by atoms with E-state index in [0.717, 1.165) is 49.0 Å². The van der Waals surface area contributed by atoms with E-state index in [0.29, 0.717) is 17.5 Å². The Balaban J connectivity index is 1.45. The molecule has 4 rings (SSSR count). The largest absolute Gasteiger partial charge is 0.439 e. The number of hydrogen-bond acceptors (Lipinski definition) is 5. The lowest BCUT2D eigenvalue weighted by atomic mass is 9.97. The van der Waals surface area contributed by atoms with Crippen molar-refractivity contribution in [3.05, 3.63) is 53.5 Å². The molecule has 6 nitrogen and oxygen atoms in total. The van der Waals surface area contributed by atoms with E-state index in [1.807, 2.05) is 35.9 Å². The summed E-state index contributed by atoms with van der Waals surface area (Å²) >= 11 is 6.05. The van der Waals surface area contributed by atoms with Gasteiger partial charge >= 0.3 is 0 Å². The monoisotopic (exact) mass is 357 g/mol. The second kappa shape index (κ2) is 6.98. The van der Waals surface area contributed by atoms with Crippen molar-refractivity contribution < 1.29 is 4.42 Å². The molecule has 1 aliphatic heterocycles. The fourth-order valence-electron chi connectivity index (χ4n) is 3.42. The molecule has 0 aliphatic carbocycles. The van der Waals surface area contributed by atoms with Gasteiger partial charge in [0.2, 0.25) is 5.89 Å². The highest BCUT2D eigenvalue weighted by molar-refractivity contribution is 6.30. The molecule has 1 aromatic carbocycles. The number of aryl methyl sites for hydroxylation is 1. The summed E-state index contributed by atoms with van der Waals surface area (Å²) in [6.45, 7) is 2.69. The summed E-state index contributed by atoms with van der Waals surface area (Å²) in [4.78, 5) is 6.81. The van der Waals surface area contributed by atoms with Crippen LogP contribution in [0, 0.1) is 0 Å². The fraction of sp³-hybridized carbons (Fsp3) is 0.389. The summed E-state index contributed by atoms with van der Waals surface area (Å²) in [6.07, 6.45) is 5.81. The number of oxazole rings is 1. The first-order chi connectivity index (χ1) is 12.2. The van der Waals surface area contributed by atoms with Gasteiger partial charge in [0.25, 0.3) is 0 Å². The molecule has 1 saturated heterocycles. The zero-order chi connectivity index (χ0) is 17.2. The van der Waals surface area contributed by atoms with E-state index in [1.165, 1.54) is 0 Å². The van der Waals surface area contributed by atoms with Crippen LogP contribution in [0.25, 0.3) is 11.3 Å². The summed E-state index contributed by atoms with van der Waals surface area (Å²) in [5.74, 6) is 2.94. The molecule has 1 fully saturated rings. The lowest BCUT2D eigenvalue weighted by Crippen LogP contribution is -2.34. The molecule has 0 radical (unpaired) electrons. The number of rotatable bonds is 4. The van der Waals surface area contributed by atoms with Gasteiger partial charge < -0.3 is 8.98 Å². The average molecular weight is 358 g/mol. The van der Waals surface area contributed by atoms with Crippen molar-refractivity contribution in [3.8, 4) is 11.3 Å². The SMILES string of the molecule is Cn1cnnc1[C@H]1CCCN(Cc2ncc(-c3cccc(Cl)c3)o2)C1. The number of hydrogen-bond donors (Lipinski definition) is 0. The van der Waals surface area contributed by atoms with Crippen LogP contribution in [0.4, 0.5) is 0 Å². The second-order valence-corrected chi connectivity index (χ2v) is 6.94. The summed E-state index contributed by atoms with van der Waals surface area (Å²) in [5, 5.41) is 8.96. The molecular weight excluding hydrogens is 338 g/mol. The van der Waals surface area contributed by atoms with Crippen molar-refractivity contribution in [3.63, 3.8) is 0 Å². The van der Waals surface area contributed by atoms with Crippen LogP contribution in [0.3, 0.4) is 0 Å². The fourth-order valence-corrected chi connectivity index (χ4v) is 3.61. The maximum Gasteiger partial charge on any atom is 0.209 e. The quantitative estimate of drug-likeness (QED) is 0.715. The van der Waals surface area contributed by atoms with Gasteiger partial charge in [-0.25, -0.2) is 4.98 Å². The number of piperidine rings is 1. The van der Waals surface area contributed by atoms with Gasteiger partial charge in [0.05, 0.1) is 12.7 Å². The van der Waals surface area contributed by atoms with E-state index < -0.39 is 0 Å². The van der Waals surface area contributed by atoms with Crippen molar-refractivity contribution >= 4 is 11.6 Å². The Kier molecular flexibility index (Phi) is 4.55. The molecule has 3 aromatic rings. The molecule has 2 aromatic heterocycles. The summed E-state index contributed by atoms with van der Waals surface area (Å²) in [5.41, 5.74) is 0.946. The Hall–Kier alpha value is -2.18. The zero-order valence-corrected chi connectivity index (χ0v) is 14.9. The molecule has 3 heterocycles. The van der Waals surface area contributed by atoms with Gasteiger partial charge in [0.15, 0.2) is 5.76 Å². The Morgan fingerprint density at radius 2 is 2.28 bits per heavy atom. The lowest BCUT2D eigenvalue weighted by molar-refractivity contribution is 0.179. The highest BCUT2D eigenvalue weighted by Gasteiger charge is 2.25. The maximum absolute atomic E-state index is 6.05. The van der Waals surface area contributed by atoms with Crippen LogP contribution in [0.15, 0.2) is 41.2 Å². The molecular formula is C18H20ClN5O. The molecule has 130 valence electrons. The average Bonchev–Trinajstić information content (AvgIpc) is 3.24. The summed E-state index contributed by atoms with van der Waals surface area (Å²) in [6, 6.07) is 7.62. The van der Waals surface area contributed by atoms with E-state index in [4.69, 9.17) is 16.0 Å². The smallest absolute Gasteiger partial charge is 0.209 e. The third-order valence-corrected chi connectivity index (χ3v) is 4.87. The molecule has 0 amide bonds. The Bertz CT molecular complexity index is 859. The first-order valence-corrected chi connectivity index (χ1v) is 8.84. The van der Waals surface area contributed by atoms with Gasteiger partial charge in [-0.05, 0) is 31.5 Å². The van der Waals surface area contributed by atoms with Crippen molar-refractivity contribution in [1.29, 1.82) is 0 Å².